The molecule has 3 nitrogen and oxygen atoms in total. The van der Waals surface area contributed by atoms with E-state index in [1.54, 1.807) is 7.11 Å². The molecule has 0 fully saturated rings. The number of ether oxygens (including phenoxy) is 2. The lowest BCUT2D eigenvalue weighted by Gasteiger charge is -2.18. The third kappa shape index (κ3) is 11.9. The van der Waals surface area contributed by atoms with Gasteiger partial charge in [0.25, 0.3) is 0 Å². The Labute approximate surface area is 101 Å². The van der Waals surface area contributed by atoms with Crippen molar-refractivity contribution in [3.63, 3.8) is 0 Å². The van der Waals surface area contributed by atoms with Crippen molar-refractivity contribution < 1.29 is 22.6 Å². The van der Waals surface area contributed by atoms with Crippen molar-refractivity contribution in [2.24, 2.45) is 0 Å². The Morgan fingerprint density at radius 2 is 1.94 bits per heavy atom. The van der Waals surface area contributed by atoms with E-state index >= 15 is 0 Å². The van der Waals surface area contributed by atoms with Crippen LogP contribution in [0.5, 0.6) is 0 Å². The van der Waals surface area contributed by atoms with Gasteiger partial charge in [0.1, 0.15) is 0 Å². The minimum absolute atomic E-state index is 0.0146. The number of methoxy groups -OCH3 is 1. The molecule has 0 saturated heterocycles. The zero-order chi connectivity index (χ0) is 13.1. The summed E-state index contributed by atoms with van der Waals surface area (Å²) >= 11 is 0. The number of likely N-dealkylation sites (N-methyl/N-ethyl adjacent to an activating group) is 1. The molecule has 0 heterocycles. The molecule has 0 aliphatic heterocycles. The Morgan fingerprint density at radius 3 is 2.47 bits per heavy atom. The molecule has 0 aromatic carbocycles. The lowest BCUT2D eigenvalue weighted by molar-refractivity contribution is -0.136. The van der Waals surface area contributed by atoms with Gasteiger partial charge >= 0.3 is 6.18 Å². The van der Waals surface area contributed by atoms with Crippen LogP contribution < -0.4 is 5.32 Å². The van der Waals surface area contributed by atoms with E-state index in [1.165, 1.54) is 0 Å². The Bertz CT molecular complexity index is 177. The Hall–Kier alpha value is -0.330. The van der Waals surface area contributed by atoms with Crippen LogP contribution in [0.1, 0.15) is 26.2 Å². The Kier molecular flexibility index (Phi) is 9.49. The van der Waals surface area contributed by atoms with Crippen LogP contribution in [-0.4, -0.2) is 45.7 Å². The van der Waals surface area contributed by atoms with Crippen LogP contribution in [0, 0.1) is 0 Å². The molecule has 0 amide bonds. The minimum Gasteiger partial charge on any atom is -0.382 e. The molecule has 0 rings (SSSR count). The fourth-order valence-corrected chi connectivity index (χ4v) is 1.45. The van der Waals surface area contributed by atoms with E-state index in [0.717, 1.165) is 6.54 Å². The quantitative estimate of drug-likeness (QED) is 0.609. The first kappa shape index (κ1) is 16.7. The molecular formula is C11H22F3NO2. The predicted octanol–water partition coefficient (Wildman–Crippen LogP) is 2.36. The molecule has 6 heteroatoms. The monoisotopic (exact) mass is 257 g/mol. The van der Waals surface area contributed by atoms with Crippen LogP contribution in [0.3, 0.4) is 0 Å². The molecule has 17 heavy (non-hydrogen) atoms. The summed E-state index contributed by atoms with van der Waals surface area (Å²) in [4.78, 5) is 0. The van der Waals surface area contributed by atoms with Gasteiger partial charge in [-0.25, -0.2) is 0 Å². The molecule has 1 N–H and O–H groups in total. The molecule has 0 aromatic heterocycles. The summed E-state index contributed by atoms with van der Waals surface area (Å²) in [5, 5.41) is 3.11. The summed E-state index contributed by atoms with van der Waals surface area (Å²) in [6, 6.07) is -0.0146. The van der Waals surface area contributed by atoms with Crippen molar-refractivity contribution in [3.05, 3.63) is 0 Å². The normalized spacial score (nSPS) is 13.9. The van der Waals surface area contributed by atoms with Crippen molar-refractivity contribution in [1.29, 1.82) is 0 Å². The van der Waals surface area contributed by atoms with Gasteiger partial charge in [0.2, 0.25) is 0 Å². The van der Waals surface area contributed by atoms with E-state index in [-0.39, 0.29) is 12.5 Å². The molecule has 0 radical (unpaired) electrons. The van der Waals surface area contributed by atoms with Crippen LogP contribution in [-0.2, 0) is 9.47 Å². The maximum atomic E-state index is 12.0. The van der Waals surface area contributed by atoms with E-state index < -0.39 is 12.6 Å². The van der Waals surface area contributed by atoms with Gasteiger partial charge in [-0.3, -0.25) is 0 Å². The highest BCUT2D eigenvalue weighted by molar-refractivity contribution is 4.66. The SMILES string of the molecule is CCNC(CCCC(F)(F)F)COCCOC. The lowest BCUT2D eigenvalue weighted by atomic mass is 10.1. The summed E-state index contributed by atoms with van der Waals surface area (Å²) < 4.78 is 46.0. The first-order chi connectivity index (χ1) is 7.99. The van der Waals surface area contributed by atoms with Crippen molar-refractivity contribution in [2.75, 3.05) is 33.5 Å². The smallest absolute Gasteiger partial charge is 0.382 e. The Morgan fingerprint density at radius 1 is 1.24 bits per heavy atom. The second kappa shape index (κ2) is 9.67. The average Bonchev–Trinajstić information content (AvgIpc) is 2.22. The van der Waals surface area contributed by atoms with Gasteiger partial charge in [-0.05, 0) is 19.4 Å². The van der Waals surface area contributed by atoms with Crippen molar-refractivity contribution in [3.8, 4) is 0 Å². The third-order valence-corrected chi connectivity index (χ3v) is 2.26. The number of halogens is 3. The average molecular weight is 257 g/mol. The second-order valence-electron chi connectivity index (χ2n) is 3.83. The summed E-state index contributed by atoms with van der Waals surface area (Å²) in [7, 11) is 1.58. The lowest BCUT2D eigenvalue weighted by Crippen LogP contribution is -2.34. The van der Waals surface area contributed by atoms with Gasteiger partial charge in [-0.2, -0.15) is 13.2 Å². The van der Waals surface area contributed by atoms with Crippen molar-refractivity contribution in [2.45, 2.75) is 38.4 Å². The standard InChI is InChI=1S/C11H22F3NO2/c1-3-15-10(9-17-8-7-16-2)5-4-6-11(12,13)14/h10,15H,3-9H2,1-2H3. The number of hydrogen-bond donors (Lipinski definition) is 1. The summed E-state index contributed by atoms with van der Waals surface area (Å²) in [5.74, 6) is 0. The molecule has 0 aromatic rings. The van der Waals surface area contributed by atoms with Crippen LogP contribution in [0.25, 0.3) is 0 Å². The van der Waals surface area contributed by atoms with E-state index in [9.17, 15) is 13.2 Å². The van der Waals surface area contributed by atoms with Gasteiger partial charge in [0.05, 0.1) is 19.8 Å². The molecule has 1 unspecified atom stereocenters. The molecule has 0 saturated carbocycles. The summed E-state index contributed by atoms with van der Waals surface area (Å²) in [6.45, 7) is 4.05. The molecule has 104 valence electrons. The van der Waals surface area contributed by atoms with Gasteiger partial charge in [-0.1, -0.05) is 6.92 Å². The number of hydrogen-bond acceptors (Lipinski definition) is 3. The van der Waals surface area contributed by atoms with Crippen molar-refractivity contribution >= 4 is 0 Å². The third-order valence-electron chi connectivity index (χ3n) is 2.26. The fraction of sp³-hybridized carbons (Fsp3) is 1.00. The van der Waals surface area contributed by atoms with Crippen LogP contribution in [0.4, 0.5) is 13.2 Å². The molecule has 1 atom stereocenters. The fourth-order valence-electron chi connectivity index (χ4n) is 1.45. The van der Waals surface area contributed by atoms with Gasteiger partial charge in [0.15, 0.2) is 0 Å². The maximum Gasteiger partial charge on any atom is 0.389 e. The van der Waals surface area contributed by atoms with Crippen molar-refractivity contribution in [1.82, 2.24) is 5.32 Å². The number of nitrogens with one attached hydrogen (secondary N) is 1. The van der Waals surface area contributed by atoms with Gasteiger partial charge in [0, 0.05) is 19.6 Å². The van der Waals surface area contributed by atoms with Crippen LogP contribution in [0.2, 0.25) is 0 Å². The second-order valence-corrected chi connectivity index (χ2v) is 3.83. The summed E-state index contributed by atoms with van der Waals surface area (Å²) in [6.07, 6.45) is -4.18. The molecule has 0 aliphatic rings. The zero-order valence-corrected chi connectivity index (χ0v) is 10.5. The van der Waals surface area contributed by atoms with E-state index in [2.05, 4.69) is 5.32 Å². The highest BCUT2D eigenvalue weighted by Crippen LogP contribution is 2.22. The van der Waals surface area contributed by atoms with Crippen LogP contribution >= 0.6 is 0 Å². The largest absolute Gasteiger partial charge is 0.389 e. The van der Waals surface area contributed by atoms with E-state index in [1.807, 2.05) is 6.92 Å². The van der Waals surface area contributed by atoms with E-state index in [4.69, 9.17) is 9.47 Å². The highest BCUT2D eigenvalue weighted by atomic mass is 19.4. The highest BCUT2D eigenvalue weighted by Gasteiger charge is 2.26. The topological polar surface area (TPSA) is 30.5 Å². The van der Waals surface area contributed by atoms with E-state index in [0.29, 0.717) is 26.2 Å². The Balaban J connectivity index is 3.66. The molecule has 0 bridgehead atoms. The maximum absolute atomic E-state index is 12.0. The van der Waals surface area contributed by atoms with Gasteiger partial charge < -0.3 is 14.8 Å². The first-order valence-corrected chi connectivity index (χ1v) is 5.86. The molecule has 0 aliphatic carbocycles. The predicted molar refractivity (Wildman–Crippen MR) is 60.1 cm³/mol. The number of rotatable bonds is 10. The van der Waals surface area contributed by atoms with Gasteiger partial charge in [-0.15, -0.1) is 0 Å². The van der Waals surface area contributed by atoms with Crippen LogP contribution in [0.15, 0.2) is 0 Å². The number of alkyl halides is 3. The molecular weight excluding hydrogens is 235 g/mol. The summed E-state index contributed by atoms with van der Waals surface area (Å²) in [5.41, 5.74) is 0. The zero-order valence-electron chi connectivity index (χ0n) is 10.5. The molecule has 0 spiro atoms. The first-order valence-electron chi connectivity index (χ1n) is 5.86. The minimum atomic E-state index is -4.06.